The summed E-state index contributed by atoms with van der Waals surface area (Å²) in [5, 5.41) is 15.0. The second-order valence-corrected chi connectivity index (χ2v) is 16.8. The molecule has 0 saturated carbocycles. The molecule has 1 amide bonds. The van der Waals surface area contributed by atoms with Crippen molar-refractivity contribution in [2.45, 2.75) is 79.1 Å². The monoisotopic (exact) mass is 754 g/mol. The minimum atomic E-state index is -2.40. The molecule has 1 saturated heterocycles. The first-order valence-electron chi connectivity index (χ1n) is 17.4. The van der Waals surface area contributed by atoms with E-state index in [1.165, 1.54) is 10.6 Å². The van der Waals surface area contributed by atoms with Crippen molar-refractivity contribution in [1.82, 2.24) is 24.1 Å². The van der Waals surface area contributed by atoms with Crippen molar-refractivity contribution in [2.75, 3.05) is 45.7 Å². The quantitative estimate of drug-likeness (QED) is 0.142. The molecule has 1 unspecified atom stereocenters. The van der Waals surface area contributed by atoms with Gasteiger partial charge in [0, 0.05) is 43.5 Å². The van der Waals surface area contributed by atoms with E-state index in [-0.39, 0.29) is 17.5 Å². The first kappa shape index (κ1) is 39.5. The Balaban J connectivity index is 1.47. The van der Waals surface area contributed by atoms with Crippen LogP contribution in [0.3, 0.4) is 0 Å². The van der Waals surface area contributed by atoms with E-state index in [0.29, 0.717) is 72.6 Å². The van der Waals surface area contributed by atoms with Gasteiger partial charge in [-0.05, 0) is 109 Å². The number of aromatic nitrogens is 3. The third-order valence-corrected chi connectivity index (χ3v) is 8.48. The van der Waals surface area contributed by atoms with Crippen LogP contribution in [-0.4, -0.2) is 110 Å². The van der Waals surface area contributed by atoms with Crippen molar-refractivity contribution in [3.05, 3.63) is 42.5 Å². The third-order valence-electron chi connectivity index (χ3n) is 7.83. The Morgan fingerprint density at radius 2 is 1.34 bits per heavy atom. The van der Waals surface area contributed by atoms with Gasteiger partial charge in [-0.3, -0.25) is 9.42 Å². The standard InChI is InChI=1S/C37H49N5O10P/c1-35(2,3)49-32(44)40-16-14-39(15-17-40)18-19-48-25-10-12-28-24(20-25)21-30(41(28)33(45)50-36(4,5)6)31-27-22-26(52-53(47)23-43)11-13-29(27)42(38-31)34(46)51-37(7,8)9/h10-13,20-22,43H,14-19,23H2,1-9H3/q+1. The number of rotatable bonds is 8. The van der Waals surface area contributed by atoms with E-state index < -0.39 is 43.4 Å². The summed E-state index contributed by atoms with van der Waals surface area (Å²) >= 11 is 0. The first-order chi connectivity index (χ1) is 24.7. The van der Waals surface area contributed by atoms with E-state index >= 15 is 0 Å². The van der Waals surface area contributed by atoms with Gasteiger partial charge in [0.05, 0.1) is 16.7 Å². The van der Waals surface area contributed by atoms with Crippen LogP contribution >= 0.6 is 8.03 Å². The molecule has 0 aliphatic carbocycles. The second-order valence-electron chi connectivity index (χ2n) is 15.7. The lowest BCUT2D eigenvalue weighted by atomic mass is 10.1. The Morgan fingerprint density at radius 1 is 0.755 bits per heavy atom. The maximum Gasteiger partial charge on any atom is 0.585 e. The zero-order chi connectivity index (χ0) is 38.9. The largest absolute Gasteiger partial charge is 0.585 e. The van der Waals surface area contributed by atoms with Gasteiger partial charge in [-0.15, -0.1) is 0 Å². The minimum Gasteiger partial charge on any atom is -0.492 e. The molecule has 4 aromatic rings. The average molecular weight is 755 g/mol. The van der Waals surface area contributed by atoms with Crippen molar-refractivity contribution in [1.29, 1.82) is 0 Å². The minimum absolute atomic E-state index is 0.166. The number of aliphatic hydroxyl groups is 1. The maximum absolute atomic E-state index is 13.9. The van der Waals surface area contributed by atoms with Crippen LogP contribution < -0.4 is 9.26 Å². The second kappa shape index (κ2) is 15.3. The molecule has 0 radical (unpaired) electrons. The smallest absolute Gasteiger partial charge is 0.492 e. The van der Waals surface area contributed by atoms with Gasteiger partial charge in [0.2, 0.25) is 0 Å². The summed E-state index contributed by atoms with van der Waals surface area (Å²) in [6.45, 7) is 19.6. The molecule has 5 rings (SSSR count). The Labute approximate surface area is 309 Å². The number of hydrogen-bond acceptors (Lipinski definition) is 12. The maximum atomic E-state index is 13.9. The molecule has 1 aliphatic heterocycles. The molecular formula is C37H49N5O10P+. The molecule has 0 spiro atoms. The van der Waals surface area contributed by atoms with Crippen LogP contribution in [0.4, 0.5) is 14.4 Å². The van der Waals surface area contributed by atoms with Crippen LogP contribution in [0, 0.1) is 0 Å². The Morgan fingerprint density at radius 3 is 1.96 bits per heavy atom. The number of carbonyl (C=O) groups excluding carboxylic acids is 3. The molecule has 1 aliphatic rings. The van der Waals surface area contributed by atoms with Crippen LogP contribution in [0.2, 0.25) is 0 Å². The number of aliphatic hydroxyl groups excluding tert-OH is 1. The molecule has 16 heteroatoms. The van der Waals surface area contributed by atoms with Gasteiger partial charge < -0.3 is 29.0 Å². The third kappa shape index (κ3) is 10.0. The Hall–Kier alpha value is -4.72. The van der Waals surface area contributed by atoms with Crippen LogP contribution in [0.25, 0.3) is 33.2 Å². The van der Waals surface area contributed by atoms with Crippen LogP contribution in [0.15, 0.2) is 42.5 Å². The Bertz CT molecular complexity index is 2010. The molecule has 2 aromatic carbocycles. The molecule has 3 heterocycles. The number of fused-ring (bicyclic) bond motifs is 2. The lowest BCUT2D eigenvalue weighted by Gasteiger charge is -2.35. The van der Waals surface area contributed by atoms with E-state index in [0.717, 1.165) is 4.68 Å². The van der Waals surface area contributed by atoms with Crippen molar-refractivity contribution in [3.63, 3.8) is 0 Å². The number of carbonyl (C=O) groups is 3. The van der Waals surface area contributed by atoms with E-state index in [1.807, 2.05) is 26.8 Å². The van der Waals surface area contributed by atoms with Gasteiger partial charge in [0.25, 0.3) is 6.35 Å². The van der Waals surface area contributed by atoms with Crippen LogP contribution in [0.1, 0.15) is 62.3 Å². The van der Waals surface area contributed by atoms with Crippen molar-refractivity contribution >= 4 is 48.1 Å². The highest BCUT2D eigenvalue weighted by atomic mass is 31.1. The van der Waals surface area contributed by atoms with Crippen molar-refractivity contribution < 1.29 is 47.5 Å². The fourth-order valence-electron chi connectivity index (χ4n) is 5.67. The normalized spacial score (nSPS) is 14.7. The first-order valence-corrected chi connectivity index (χ1v) is 18.8. The summed E-state index contributed by atoms with van der Waals surface area (Å²) in [4.78, 5) is 43.6. The fourth-order valence-corrected chi connectivity index (χ4v) is 6.08. The predicted octanol–water partition coefficient (Wildman–Crippen LogP) is 7.23. The zero-order valence-corrected chi connectivity index (χ0v) is 32.7. The van der Waals surface area contributed by atoms with Gasteiger partial charge in [-0.1, -0.05) is 0 Å². The topological polar surface area (TPSA) is 164 Å². The molecular weight excluding hydrogens is 705 g/mol. The van der Waals surface area contributed by atoms with Gasteiger partial charge in [0.15, 0.2) is 5.75 Å². The van der Waals surface area contributed by atoms with E-state index in [4.69, 9.17) is 23.5 Å². The highest BCUT2D eigenvalue weighted by molar-refractivity contribution is 7.39. The number of piperazine rings is 1. The zero-order valence-electron chi connectivity index (χ0n) is 31.8. The summed E-state index contributed by atoms with van der Waals surface area (Å²) in [5.41, 5.74) is -0.811. The van der Waals surface area contributed by atoms with Gasteiger partial charge >= 0.3 is 26.3 Å². The SMILES string of the molecule is CC(C)(C)OC(=O)N1CCN(CCOc2ccc3c(c2)cc(-c2nn(C(=O)OC(C)(C)C)c4ccc(O[P+](=O)CO)cc24)n3C(=O)OC(C)(C)C)CC1. The summed E-state index contributed by atoms with van der Waals surface area (Å²) in [6, 6.07) is 11.7. The van der Waals surface area contributed by atoms with E-state index in [1.54, 1.807) is 76.8 Å². The molecule has 15 nitrogen and oxygen atoms in total. The number of benzene rings is 2. The molecule has 1 N–H and O–H groups in total. The number of hydrogen-bond donors (Lipinski definition) is 1. The van der Waals surface area contributed by atoms with Crippen molar-refractivity contribution in [2.24, 2.45) is 0 Å². The molecule has 1 atom stereocenters. The molecule has 1 fully saturated rings. The van der Waals surface area contributed by atoms with Gasteiger partial charge in [-0.25, -0.2) is 19.0 Å². The summed E-state index contributed by atoms with van der Waals surface area (Å²) in [5.74, 6) is 0.741. The molecule has 53 heavy (non-hydrogen) atoms. The number of ether oxygens (including phenoxy) is 4. The van der Waals surface area contributed by atoms with Crippen molar-refractivity contribution in [3.8, 4) is 22.9 Å². The lowest BCUT2D eigenvalue weighted by molar-refractivity contribution is 0.0136. The molecule has 2 aromatic heterocycles. The Kier molecular flexibility index (Phi) is 11.4. The van der Waals surface area contributed by atoms with Gasteiger partial charge in [0.1, 0.15) is 34.9 Å². The fraction of sp³-hybridized carbons (Fsp3) is 0.514. The van der Waals surface area contributed by atoms with E-state index in [2.05, 4.69) is 10.00 Å². The van der Waals surface area contributed by atoms with Crippen LogP contribution in [0.5, 0.6) is 11.5 Å². The highest BCUT2D eigenvalue weighted by Gasteiger charge is 2.30. The van der Waals surface area contributed by atoms with Gasteiger partial charge in [-0.2, -0.15) is 9.78 Å². The van der Waals surface area contributed by atoms with Crippen LogP contribution in [-0.2, 0) is 18.8 Å². The lowest BCUT2D eigenvalue weighted by Crippen LogP contribution is -2.50. The molecule has 286 valence electrons. The number of amides is 1. The summed E-state index contributed by atoms with van der Waals surface area (Å²) < 4.78 is 43.1. The summed E-state index contributed by atoms with van der Waals surface area (Å²) in [7, 11) is -2.40. The predicted molar refractivity (Wildman–Crippen MR) is 199 cm³/mol. The number of nitrogens with zero attached hydrogens (tertiary/aromatic N) is 5. The molecule has 0 bridgehead atoms. The average Bonchev–Trinajstić information content (AvgIpc) is 3.61. The van der Waals surface area contributed by atoms with E-state index in [9.17, 15) is 24.1 Å². The summed E-state index contributed by atoms with van der Waals surface area (Å²) in [6.07, 6.45) is -2.40. The highest BCUT2D eigenvalue weighted by Crippen LogP contribution is 2.38.